The summed E-state index contributed by atoms with van der Waals surface area (Å²) in [5.74, 6) is 0. The highest BCUT2D eigenvalue weighted by molar-refractivity contribution is 5.85. The van der Waals surface area contributed by atoms with Gasteiger partial charge in [-0.25, -0.2) is 0 Å². The maximum Gasteiger partial charge on any atom is 0.0986 e. The van der Waals surface area contributed by atoms with E-state index in [9.17, 15) is 5.11 Å². The third-order valence-electron chi connectivity index (χ3n) is 2.29. The molecule has 2 N–H and O–H groups in total. The summed E-state index contributed by atoms with van der Waals surface area (Å²) < 4.78 is 5.39. The number of ether oxygens (including phenoxy) is 1. The second-order valence-electron chi connectivity index (χ2n) is 3.17. The number of hydrogen-bond acceptors (Lipinski definition) is 3. The van der Waals surface area contributed by atoms with Gasteiger partial charge in [-0.3, -0.25) is 0 Å². The number of nitrogens with one attached hydrogen (secondary N) is 1. The van der Waals surface area contributed by atoms with Gasteiger partial charge in [-0.1, -0.05) is 0 Å². The van der Waals surface area contributed by atoms with Gasteiger partial charge < -0.3 is 15.2 Å². The van der Waals surface area contributed by atoms with Crippen molar-refractivity contribution in [2.24, 2.45) is 0 Å². The van der Waals surface area contributed by atoms with Gasteiger partial charge in [-0.05, 0) is 12.8 Å². The second kappa shape index (κ2) is 3.27. The smallest absolute Gasteiger partial charge is 0.0986 e. The molecule has 2 rings (SSSR count). The minimum absolute atomic E-state index is 0. The molecule has 4 heteroatoms. The van der Waals surface area contributed by atoms with Crippen molar-refractivity contribution in [1.82, 2.24) is 5.32 Å². The lowest BCUT2D eigenvalue weighted by atomic mass is 10.1. The Hall–Kier alpha value is 0.170. The van der Waals surface area contributed by atoms with Crippen LogP contribution in [0.2, 0.25) is 0 Å². The lowest BCUT2D eigenvalue weighted by Gasteiger charge is -2.27. The summed E-state index contributed by atoms with van der Waals surface area (Å²) in [5, 5.41) is 12.8. The molecule has 66 valence electrons. The zero-order valence-corrected chi connectivity index (χ0v) is 7.19. The Kier molecular flexibility index (Phi) is 2.75. The minimum atomic E-state index is -0.465. The van der Waals surface area contributed by atoms with Gasteiger partial charge in [0.1, 0.15) is 0 Å². The third kappa shape index (κ3) is 1.85. The lowest BCUT2D eigenvalue weighted by molar-refractivity contribution is -0.0660. The molecule has 11 heavy (non-hydrogen) atoms. The first-order valence-electron chi connectivity index (χ1n) is 3.86. The van der Waals surface area contributed by atoms with Crippen molar-refractivity contribution in [2.75, 3.05) is 19.7 Å². The van der Waals surface area contributed by atoms with Crippen molar-refractivity contribution >= 4 is 12.4 Å². The first kappa shape index (κ1) is 9.26. The SMILES string of the molecule is Cl.OC1(C2CNCCO2)CC1. The van der Waals surface area contributed by atoms with E-state index in [0.717, 1.165) is 32.5 Å². The molecule has 1 unspecified atom stereocenters. The van der Waals surface area contributed by atoms with E-state index in [0.29, 0.717) is 0 Å². The summed E-state index contributed by atoms with van der Waals surface area (Å²) in [4.78, 5) is 0. The predicted molar refractivity (Wildman–Crippen MR) is 44.0 cm³/mol. The zero-order valence-electron chi connectivity index (χ0n) is 6.38. The minimum Gasteiger partial charge on any atom is -0.387 e. The molecule has 1 saturated heterocycles. The molecule has 0 aromatic carbocycles. The van der Waals surface area contributed by atoms with Gasteiger partial charge in [0.2, 0.25) is 0 Å². The van der Waals surface area contributed by atoms with Crippen molar-refractivity contribution in [3.63, 3.8) is 0 Å². The zero-order chi connectivity index (χ0) is 7.03. The molecule has 0 amide bonds. The molecule has 1 heterocycles. The van der Waals surface area contributed by atoms with Crippen LogP contribution in [0.5, 0.6) is 0 Å². The van der Waals surface area contributed by atoms with Crippen LogP contribution in [0.3, 0.4) is 0 Å². The largest absolute Gasteiger partial charge is 0.387 e. The fourth-order valence-corrected chi connectivity index (χ4v) is 1.36. The quantitative estimate of drug-likeness (QED) is 0.592. The molecule has 0 radical (unpaired) electrons. The normalized spacial score (nSPS) is 34.1. The Morgan fingerprint density at radius 2 is 2.18 bits per heavy atom. The van der Waals surface area contributed by atoms with Crippen molar-refractivity contribution in [3.05, 3.63) is 0 Å². The van der Waals surface area contributed by atoms with Crippen molar-refractivity contribution < 1.29 is 9.84 Å². The van der Waals surface area contributed by atoms with E-state index < -0.39 is 5.60 Å². The number of halogens is 1. The van der Waals surface area contributed by atoms with E-state index in [1.807, 2.05) is 0 Å². The van der Waals surface area contributed by atoms with Gasteiger partial charge >= 0.3 is 0 Å². The summed E-state index contributed by atoms with van der Waals surface area (Å²) in [6.07, 6.45) is 1.89. The van der Waals surface area contributed by atoms with E-state index in [2.05, 4.69) is 5.32 Å². The van der Waals surface area contributed by atoms with Crippen molar-refractivity contribution in [1.29, 1.82) is 0 Å². The van der Waals surface area contributed by atoms with Gasteiger partial charge in [0.05, 0.1) is 18.3 Å². The van der Waals surface area contributed by atoms with Crippen LogP contribution in [-0.2, 0) is 4.74 Å². The molecule has 1 saturated carbocycles. The van der Waals surface area contributed by atoms with Crippen LogP contribution in [0.25, 0.3) is 0 Å². The van der Waals surface area contributed by atoms with Crippen LogP contribution < -0.4 is 5.32 Å². The standard InChI is InChI=1S/C7H13NO2.ClH/c9-7(1-2-7)6-5-8-3-4-10-6;/h6,8-9H,1-5H2;1H. The number of rotatable bonds is 1. The molecular formula is C7H14ClNO2. The van der Waals surface area contributed by atoms with Gasteiger partial charge in [0.15, 0.2) is 0 Å². The average Bonchev–Trinajstić information content (AvgIpc) is 2.72. The first-order valence-corrected chi connectivity index (χ1v) is 3.86. The van der Waals surface area contributed by atoms with Crippen LogP contribution >= 0.6 is 12.4 Å². The monoisotopic (exact) mass is 179 g/mol. The van der Waals surface area contributed by atoms with Crippen LogP contribution in [0.4, 0.5) is 0 Å². The highest BCUT2D eigenvalue weighted by atomic mass is 35.5. The Morgan fingerprint density at radius 1 is 1.45 bits per heavy atom. The van der Waals surface area contributed by atoms with E-state index in [1.165, 1.54) is 0 Å². The lowest BCUT2D eigenvalue weighted by Crippen LogP contribution is -2.46. The molecular weight excluding hydrogens is 166 g/mol. The summed E-state index contributed by atoms with van der Waals surface area (Å²) in [6, 6.07) is 0. The molecule has 0 spiro atoms. The van der Waals surface area contributed by atoms with Crippen LogP contribution in [0, 0.1) is 0 Å². The number of aliphatic hydroxyl groups is 1. The molecule has 1 aliphatic heterocycles. The summed E-state index contributed by atoms with van der Waals surface area (Å²) in [7, 11) is 0. The molecule has 2 fully saturated rings. The Bertz CT molecular complexity index is 132. The van der Waals surface area contributed by atoms with Crippen molar-refractivity contribution in [3.8, 4) is 0 Å². The average molecular weight is 180 g/mol. The Morgan fingerprint density at radius 3 is 2.64 bits per heavy atom. The molecule has 0 bridgehead atoms. The van der Waals surface area contributed by atoms with Gasteiger partial charge in [0.25, 0.3) is 0 Å². The Labute approximate surface area is 72.5 Å². The Balaban J connectivity index is 0.000000605. The molecule has 0 aromatic rings. The van der Waals surface area contributed by atoms with Crippen LogP contribution in [0.15, 0.2) is 0 Å². The van der Waals surface area contributed by atoms with E-state index in [1.54, 1.807) is 0 Å². The molecule has 1 atom stereocenters. The van der Waals surface area contributed by atoms with E-state index in [4.69, 9.17) is 4.74 Å². The molecule has 2 aliphatic rings. The first-order chi connectivity index (χ1) is 4.81. The third-order valence-corrected chi connectivity index (χ3v) is 2.29. The molecule has 3 nitrogen and oxygen atoms in total. The van der Waals surface area contributed by atoms with Gasteiger partial charge in [-0.15, -0.1) is 12.4 Å². The summed E-state index contributed by atoms with van der Waals surface area (Å²) >= 11 is 0. The van der Waals surface area contributed by atoms with Gasteiger partial charge in [-0.2, -0.15) is 0 Å². The highest BCUT2D eigenvalue weighted by Crippen LogP contribution is 2.39. The van der Waals surface area contributed by atoms with Crippen LogP contribution in [0.1, 0.15) is 12.8 Å². The fraction of sp³-hybridized carbons (Fsp3) is 1.00. The summed E-state index contributed by atoms with van der Waals surface area (Å²) in [5.41, 5.74) is -0.465. The predicted octanol–water partition coefficient (Wildman–Crippen LogP) is -0.0785. The second-order valence-corrected chi connectivity index (χ2v) is 3.17. The number of morpholine rings is 1. The maximum atomic E-state index is 9.59. The molecule has 1 aliphatic carbocycles. The van der Waals surface area contributed by atoms with Crippen molar-refractivity contribution in [2.45, 2.75) is 24.5 Å². The molecule has 0 aromatic heterocycles. The van der Waals surface area contributed by atoms with E-state index >= 15 is 0 Å². The fourth-order valence-electron chi connectivity index (χ4n) is 1.36. The highest BCUT2D eigenvalue weighted by Gasteiger charge is 2.48. The summed E-state index contributed by atoms with van der Waals surface area (Å²) in [6.45, 7) is 2.48. The van der Waals surface area contributed by atoms with Crippen LogP contribution in [-0.4, -0.2) is 36.5 Å². The maximum absolute atomic E-state index is 9.59. The van der Waals surface area contributed by atoms with E-state index in [-0.39, 0.29) is 18.5 Å². The topological polar surface area (TPSA) is 41.5 Å². The number of hydrogen-bond donors (Lipinski definition) is 2. The van der Waals surface area contributed by atoms with Gasteiger partial charge in [0, 0.05) is 13.1 Å².